The number of carboxylic acid groups (broad SMARTS) is 2. The van der Waals surface area contributed by atoms with E-state index in [2.05, 4.69) is 47.5 Å². The molecule has 0 bridgehead atoms. The van der Waals surface area contributed by atoms with Crippen molar-refractivity contribution in [2.75, 3.05) is 19.6 Å². The van der Waals surface area contributed by atoms with E-state index in [0.29, 0.717) is 48.9 Å². The smallest absolute Gasteiger partial charge is 0.322 e. The van der Waals surface area contributed by atoms with Crippen molar-refractivity contribution in [3.63, 3.8) is 0 Å². The van der Waals surface area contributed by atoms with Gasteiger partial charge in [0.2, 0.25) is 47.3 Å². The molecule has 25 heteroatoms. The van der Waals surface area contributed by atoms with Crippen molar-refractivity contribution in [3.05, 3.63) is 102 Å². The fraction of sp³-hybridized carbons (Fsp3) is 0.492. The van der Waals surface area contributed by atoms with E-state index < -0.39 is 126 Å². The summed E-state index contributed by atoms with van der Waals surface area (Å²) in [6, 6.07) is 10.7. The molecule has 458 valence electrons. The van der Waals surface area contributed by atoms with E-state index in [0.717, 1.165) is 10.9 Å². The number of aromatic hydroxyl groups is 1. The number of unbranched alkanes of at least 4 members (excludes halogenated alkanes) is 2. The number of aromatic nitrogens is 1. The van der Waals surface area contributed by atoms with E-state index in [4.69, 9.17) is 17.2 Å². The molecule has 0 spiro atoms. The molecule has 4 aromatic rings. The molecule has 1 aromatic heterocycles. The number of fused-ring (bicyclic) bond motifs is 1. The second kappa shape index (κ2) is 34.9. The largest absolute Gasteiger partial charge is 0.508 e. The van der Waals surface area contributed by atoms with Gasteiger partial charge in [0.05, 0.1) is 12.5 Å². The maximum Gasteiger partial charge on any atom is 0.322 e. The first-order valence-corrected chi connectivity index (χ1v) is 28.4. The van der Waals surface area contributed by atoms with E-state index in [1.165, 1.54) is 24.3 Å². The molecule has 4 rings (SSSR count). The average molecular weight is 1170 g/mol. The van der Waals surface area contributed by atoms with Crippen molar-refractivity contribution in [2.45, 2.75) is 153 Å². The van der Waals surface area contributed by atoms with E-state index in [1.807, 2.05) is 18.2 Å². The number of nitrogens with two attached hydrogens (primary N) is 3. The van der Waals surface area contributed by atoms with Crippen molar-refractivity contribution < 1.29 is 63.3 Å². The first-order chi connectivity index (χ1) is 40.0. The lowest BCUT2D eigenvalue weighted by molar-refractivity contribution is -0.141. The number of phenolic OH excluding ortho intramolecular Hbond substituents is 1. The maximum atomic E-state index is 14.7. The number of aliphatic carboxylic acids is 2. The number of amides is 8. The third kappa shape index (κ3) is 22.7. The molecule has 84 heavy (non-hydrogen) atoms. The number of phenols is 1. The molecule has 3 aromatic carbocycles. The summed E-state index contributed by atoms with van der Waals surface area (Å²) in [6.07, 6.45) is 2.81. The van der Waals surface area contributed by atoms with E-state index in [9.17, 15) is 63.3 Å². The topological polar surface area (TPSA) is 421 Å². The van der Waals surface area contributed by atoms with Crippen LogP contribution in [-0.4, -0.2) is 147 Å². The molecule has 0 fully saturated rings. The third-order valence-corrected chi connectivity index (χ3v) is 14.1. The molecule has 8 amide bonds. The van der Waals surface area contributed by atoms with E-state index in [1.54, 1.807) is 70.3 Å². The first-order valence-electron chi connectivity index (χ1n) is 28.4. The Hall–Kier alpha value is -8.42. The first kappa shape index (κ1) is 68.1. The average Bonchev–Trinajstić information content (AvgIpc) is 3.93. The van der Waals surface area contributed by atoms with Crippen LogP contribution in [0.25, 0.3) is 10.9 Å². The Morgan fingerprint density at radius 1 is 0.524 bits per heavy atom. The van der Waals surface area contributed by atoms with Crippen LogP contribution in [0.2, 0.25) is 0 Å². The zero-order chi connectivity index (χ0) is 61.9. The van der Waals surface area contributed by atoms with Crippen molar-refractivity contribution in [3.8, 4) is 5.75 Å². The molecule has 9 atom stereocenters. The molecule has 0 saturated heterocycles. The number of nitrogens with one attached hydrogen (secondary N) is 9. The van der Waals surface area contributed by atoms with Gasteiger partial charge in [-0.3, -0.25) is 47.9 Å². The lowest BCUT2D eigenvalue weighted by atomic mass is 9.96. The number of rotatable bonds is 37. The second-order valence-corrected chi connectivity index (χ2v) is 21.4. The summed E-state index contributed by atoms with van der Waals surface area (Å²) in [4.78, 5) is 140. The standard InChI is InChI=1S/C59H84N12O13/c1-5-35(4)51(59(84)70-47(53(78)64-33-50(75)76)30-38-32-63-42-19-10-9-17-40(38)42)71-58(83)46(29-37-21-23-39(72)24-22-37)68-55(80)44(27-34(2)3)67-54(79)43(20-12-14-26-61)65-57(82)48(31-49(73)74)69-56(81)45(28-36-15-7-6-8-16-36)66-52(77)41(62)18-11-13-25-60/h6-10,15-17,19,21-24,32,34-35,41,43-48,51,63,72H,5,11-14,18,20,25-31,33,60-62H2,1-4H3,(H,64,78)(H,65,82)(H,66,77)(H,67,79)(H,68,80)(H,69,81)(H,70,84)(H,71,83)(H,73,74)(H,75,76)/t35-,41-,43-,44-,45-,46-,47-,48-,51-/m0/s1. The zero-order valence-electron chi connectivity index (χ0n) is 48.1. The number of H-pyrrole nitrogens is 1. The predicted molar refractivity (Wildman–Crippen MR) is 313 cm³/mol. The fourth-order valence-corrected chi connectivity index (χ4v) is 9.23. The van der Waals surface area contributed by atoms with Gasteiger partial charge in [-0.2, -0.15) is 0 Å². The van der Waals surface area contributed by atoms with E-state index in [-0.39, 0.29) is 63.2 Å². The highest BCUT2D eigenvalue weighted by Crippen LogP contribution is 2.21. The summed E-state index contributed by atoms with van der Waals surface area (Å²) in [5.41, 5.74) is 20.0. The highest BCUT2D eigenvalue weighted by molar-refractivity contribution is 5.99. The number of carbonyl (C=O) groups is 10. The summed E-state index contributed by atoms with van der Waals surface area (Å²) in [6.45, 7) is 6.89. The Balaban J connectivity index is 1.61. The summed E-state index contributed by atoms with van der Waals surface area (Å²) in [7, 11) is 0. The van der Waals surface area contributed by atoms with Crippen LogP contribution in [-0.2, 0) is 67.2 Å². The van der Waals surface area contributed by atoms with Crippen molar-refractivity contribution >= 4 is 70.1 Å². The summed E-state index contributed by atoms with van der Waals surface area (Å²) in [5.74, 6) is -10.5. The summed E-state index contributed by atoms with van der Waals surface area (Å²) < 4.78 is 0. The summed E-state index contributed by atoms with van der Waals surface area (Å²) in [5, 5.41) is 51.0. The molecule has 1 heterocycles. The summed E-state index contributed by atoms with van der Waals surface area (Å²) >= 11 is 0. The zero-order valence-corrected chi connectivity index (χ0v) is 48.1. The highest BCUT2D eigenvalue weighted by Gasteiger charge is 2.37. The number of aromatic amines is 1. The monoisotopic (exact) mass is 1170 g/mol. The number of benzene rings is 3. The minimum absolute atomic E-state index is 0.00283. The molecule has 25 nitrogen and oxygen atoms in total. The Morgan fingerprint density at radius 3 is 1.63 bits per heavy atom. The van der Waals surface area contributed by atoms with Gasteiger partial charge in [0.25, 0.3) is 0 Å². The van der Waals surface area contributed by atoms with Gasteiger partial charge in [0.1, 0.15) is 54.6 Å². The Kier molecular flexibility index (Phi) is 28.3. The number of hydrogen-bond acceptors (Lipinski definition) is 14. The van der Waals surface area contributed by atoms with Crippen LogP contribution in [0.4, 0.5) is 0 Å². The lowest BCUT2D eigenvalue weighted by Crippen LogP contribution is -2.61. The Bertz CT molecular complexity index is 2830. The molecule has 0 aliphatic carbocycles. The minimum atomic E-state index is -1.78. The quantitative estimate of drug-likeness (QED) is 0.0276. The predicted octanol–water partition coefficient (Wildman–Crippen LogP) is 0.648. The van der Waals surface area contributed by atoms with Crippen molar-refractivity contribution in [1.82, 2.24) is 47.5 Å². The van der Waals surface area contributed by atoms with Crippen LogP contribution in [0.5, 0.6) is 5.75 Å². The van der Waals surface area contributed by atoms with Gasteiger partial charge >= 0.3 is 11.9 Å². The molecule has 0 radical (unpaired) electrons. The SMILES string of the molecule is CC[C@H](C)[C@H](NC(=O)[C@H](Cc1ccc(O)cc1)NC(=O)[C@H](CC(C)C)NC(=O)[C@H](CCCCN)NC(=O)[C@H](CC(=O)O)NC(=O)[C@H](Cc1ccccc1)NC(=O)[C@@H](N)CCCCN)C(=O)N[C@@H](Cc1c[nH]c2ccccc12)C(=O)NCC(=O)O. The Labute approximate surface area is 488 Å². The third-order valence-electron chi connectivity index (χ3n) is 14.1. The van der Waals surface area contributed by atoms with Crippen molar-refractivity contribution in [2.24, 2.45) is 29.0 Å². The van der Waals surface area contributed by atoms with Gasteiger partial charge in [-0.1, -0.05) is 101 Å². The number of carboxylic acids is 2. The molecular weight excluding hydrogens is 1080 g/mol. The molecule has 0 unspecified atom stereocenters. The van der Waals surface area contributed by atoms with Gasteiger partial charge < -0.3 is 80.0 Å². The number of hydrogen-bond donors (Lipinski definition) is 15. The van der Waals surface area contributed by atoms with Crippen LogP contribution in [0, 0.1) is 11.8 Å². The number of para-hydroxylation sites is 1. The normalized spacial score (nSPS) is 14.4. The van der Waals surface area contributed by atoms with Crippen molar-refractivity contribution in [1.29, 1.82) is 0 Å². The fourth-order valence-electron chi connectivity index (χ4n) is 9.23. The Morgan fingerprint density at radius 2 is 1.02 bits per heavy atom. The molecule has 0 aliphatic rings. The molecule has 18 N–H and O–H groups in total. The molecule has 0 aliphatic heterocycles. The second-order valence-electron chi connectivity index (χ2n) is 21.4. The molecular formula is C59H84N12O13. The highest BCUT2D eigenvalue weighted by atomic mass is 16.4. The van der Waals surface area contributed by atoms with Gasteiger partial charge in [0, 0.05) is 36.4 Å². The van der Waals surface area contributed by atoms with Crippen LogP contribution >= 0.6 is 0 Å². The van der Waals surface area contributed by atoms with E-state index >= 15 is 0 Å². The van der Waals surface area contributed by atoms with Crippen LogP contribution < -0.4 is 59.7 Å². The van der Waals surface area contributed by atoms with Gasteiger partial charge in [0.15, 0.2) is 0 Å². The minimum Gasteiger partial charge on any atom is -0.508 e. The molecule has 0 saturated carbocycles. The van der Waals surface area contributed by atoms with Gasteiger partial charge in [-0.25, -0.2) is 0 Å². The maximum absolute atomic E-state index is 14.7. The van der Waals surface area contributed by atoms with Gasteiger partial charge in [-0.05, 0) is 98.3 Å². The van der Waals surface area contributed by atoms with Crippen LogP contribution in [0.1, 0.15) is 102 Å². The van der Waals surface area contributed by atoms with Gasteiger partial charge in [-0.15, -0.1) is 0 Å². The lowest BCUT2D eigenvalue weighted by Gasteiger charge is -2.30. The van der Waals surface area contributed by atoms with Crippen LogP contribution in [0.15, 0.2) is 85.1 Å². The number of carbonyl (C=O) groups excluding carboxylic acids is 8. The van der Waals surface area contributed by atoms with Crippen LogP contribution in [0.3, 0.4) is 0 Å².